The molecule has 0 aliphatic carbocycles. The number of rotatable bonds is 7. The van der Waals surface area contributed by atoms with Gasteiger partial charge in [-0.25, -0.2) is 9.37 Å². The number of aryl methyl sites for hydroxylation is 1. The van der Waals surface area contributed by atoms with Gasteiger partial charge in [0.15, 0.2) is 11.6 Å². The van der Waals surface area contributed by atoms with Crippen LogP contribution in [-0.2, 0) is 17.9 Å². The number of aromatic nitrogens is 1. The summed E-state index contributed by atoms with van der Waals surface area (Å²) in [5.41, 5.74) is 2.80. The Morgan fingerprint density at radius 2 is 2.03 bits per heavy atom. The molecule has 0 spiro atoms. The molecule has 0 N–H and O–H groups in total. The van der Waals surface area contributed by atoms with Crippen molar-refractivity contribution >= 4 is 0 Å². The van der Waals surface area contributed by atoms with Gasteiger partial charge in [0.1, 0.15) is 5.76 Å². The summed E-state index contributed by atoms with van der Waals surface area (Å²) < 4.78 is 30.8. The van der Waals surface area contributed by atoms with Gasteiger partial charge in [0.25, 0.3) is 0 Å². The lowest BCUT2D eigenvalue weighted by atomic mass is 10.1. The first-order valence-corrected chi connectivity index (χ1v) is 10.3. The fourth-order valence-electron chi connectivity index (χ4n) is 3.78. The van der Waals surface area contributed by atoms with Crippen LogP contribution in [0, 0.1) is 12.7 Å². The topological polar surface area (TPSA) is 47.7 Å². The molecule has 0 bridgehead atoms. The Hall–Kier alpha value is -2.70. The molecule has 158 valence electrons. The Kier molecular flexibility index (Phi) is 6.45. The maximum atomic E-state index is 13.7. The van der Waals surface area contributed by atoms with Crippen molar-refractivity contribution in [3.63, 3.8) is 0 Å². The summed E-state index contributed by atoms with van der Waals surface area (Å²) in [6, 6.07) is 14.9. The number of methoxy groups -OCH3 is 1. The van der Waals surface area contributed by atoms with E-state index in [0.717, 1.165) is 37.4 Å². The fourth-order valence-corrected chi connectivity index (χ4v) is 3.78. The highest BCUT2D eigenvalue weighted by molar-refractivity contribution is 5.56. The molecule has 1 atom stereocenters. The van der Waals surface area contributed by atoms with Crippen molar-refractivity contribution in [3.05, 3.63) is 71.4 Å². The van der Waals surface area contributed by atoms with E-state index in [-0.39, 0.29) is 11.9 Å². The minimum Gasteiger partial charge on any atom is -0.494 e. The third-order valence-corrected chi connectivity index (χ3v) is 5.45. The normalized spacial score (nSPS) is 17.2. The molecule has 0 saturated carbocycles. The van der Waals surface area contributed by atoms with E-state index in [1.165, 1.54) is 18.7 Å². The summed E-state index contributed by atoms with van der Waals surface area (Å²) in [6.07, 6.45) is 2.38. The molecule has 1 aliphatic heterocycles. The number of likely N-dealkylation sites (tertiary alicyclic amines) is 1. The number of hydrogen-bond acceptors (Lipinski definition) is 5. The van der Waals surface area contributed by atoms with E-state index in [9.17, 15) is 4.39 Å². The molecular weight excluding hydrogens is 383 g/mol. The molecule has 6 heteroatoms. The van der Waals surface area contributed by atoms with E-state index >= 15 is 0 Å². The zero-order chi connectivity index (χ0) is 20.9. The van der Waals surface area contributed by atoms with Crippen molar-refractivity contribution in [1.82, 2.24) is 9.88 Å². The Morgan fingerprint density at radius 3 is 2.83 bits per heavy atom. The van der Waals surface area contributed by atoms with E-state index in [1.54, 1.807) is 12.1 Å². The van der Waals surface area contributed by atoms with Gasteiger partial charge >= 0.3 is 0 Å². The standard InChI is InChI=1S/C24H27FN2O3/c1-17-22(26-24(30-17)19-10-11-21(25)23(13-19)28-2)15-27-12-6-9-20(14-27)29-16-18-7-4-3-5-8-18/h3-5,7-8,10-11,13,20H,6,9,12,14-16H2,1-2H3. The second-order valence-electron chi connectivity index (χ2n) is 7.67. The van der Waals surface area contributed by atoms with Crippen LogP contribution in [0.1, 0.15) is 29.9 Å². The molecule has 1 saturated heterocycles. The molecule has 1 aromatic heterocycles. The average Bonchev–Trinajstić information content (AvgIpc) is 3.14. The lowest BCUT2D eigenvalue weighted by Crippen LogP contribution is -2.39. The zero-order valence-corrected chi connectivity index (χ0v) is 17.4. The molecule has 4 rings (SSSR count). The molecular formula is C24H27FN2O3. The van der Waals surface area contributed by atoms with Crippen LogP contribution in [-0.4, -0.2) is 36.2 Å². The third-order valence-electron chi connectivity index (χ3n) is 5.45. The predicted octanol–water partition coefficient (Wildman–Crippen LogP) is 4.98. The second kappa shape index (κ2) is 9.41. The Morgan fingerprint density at radius 1 is 1.20 bits per heavy atom. The van der Waals surface area contributed by atoms with Gasteiger partial charge in [-0.2, -0.15) is 0 Å². The maximum Gasteiger partial charge on any atom is 0.226 e. The SMILES string of the molecule is COc1cc(-c2nc(CN3CCCC(OCc4ccccc4)C3)c(C)o2)ccc1F. The highest BCUT2D eigenvalue weighted by atomic mass is 19.1. The Labute approximate surface area is 176 Å². The Bertz CT molecular complexity index is 974. The molecule has 1 unspecified atom stereocenters. The molecule has 30 heavy (non-hydrogen) atoms. The number of piperidine rings is 1. The predicted molar refractivity (Wildman–Crippen MR) is 113 cm³/mol. The van der Waals surface area contributed by atoms with Crippen LogP contribution in [0.4, 0.5) is 4.39 Å². The van der Waals surface area contributed by atoms with Crippen molar-refractivity contribution in [2.24, 2.45) is 0 Å². The van der Waals surface area contributed by atoms with Crippen molar-refractivity contribution in [3.8, 4) is 17.2 Å². The molecule has 2 heterocycles. The van der Waals surface area contributed by atoms with Gasteiger partial charge in [-0.05, 0) is 50.1 Å². The average molecular weight is 410 g/mol. The minimum atomic E-state index is -0.403. The number of ether oxygens (including phenoxy) is 2. The van der Waals surface area contributed by atoms with Gasteiger partial charge < -0.3 is 13.9 Å². The summed E-state index contributed by atoms with van der Waals surface area (Å²) in [5, 5.41) is 0. The van der Waals surface area contributed by atoms with Crippen molar-refractivity contribution in [2.45, 2.75) is 39.0 Å². The van der Waals surface area contributed by atoms with Crippen LogP contribution in [0.3, 0.4) is 0 Å². The second-order valence-corrected chi connectivity index (χ2v) is 7.67. The van der Waals surface area contributed by atoms with E-state index in [2.05, 4.69) is 22.0 Å². The highest BCUT2D eigenvalue weighted by Crippen LogP contribution is 2.28. The van der Waals surface area contributed by atoms with Gasteiger partial charge in [-0.15, -0.1) is 0 Å². The van der Waals surface area contributed by atoms with Gasteiger partial charge in [0.2, 0.25) is 5.89 Å². The molecule has 1 aliphatic rings. The zero-order valence-electron chi connectivity index (χ0n) is 17.4. The first-order chi connectivity index (χ1) is 14.6. The number of hydrogen-bond donors (Lipinski definition) is 0. The Balaban J connectivity index is 1.39. The summed E-state index contributed by atoms with van der Waals surface area (Å²) in [4.78, 5) is 7.03. The molecule has 2 aromatic carbocycles. The van der Waals surface area contributed by atoms with Crippen LogP contribution in [0.15, 0.2) is 52.9 Å². The lowest BCUT2D eigenvalue weighted by molar-refractivity contribution is -0.0123. The number of oxazole rings is 1. The van der Waals surface area contributed by atoms with Crippen molar-refractivity contribution in [2.75, 3.05) is 20.2 Å². The van der Waals surface area contributed by atoms with Gasteiger partial charge in [-0.3, -0.25) is 4.90 Å². The van der Waals surface area contributed by atoms with E-state index < -0.39 is 5.82 Å². The van der Waals surface area contributed by atoms with Crippen LogP contribution in [0.2, 0.25) is 0 Å². The number of nitrogens with zero attached hydrogens (tertiary/aromatic N) is 2. The number of benzene rings is 2. The molecule has 0 radical (unpaired) electrons. The first kappa shape index (κ1) is 20.6. The smallest absolute Gasteiger partial charge is 0.226 e. The van der Waals surface area contributed by atoms with E-state index in [0.29, 0.717) is 24.6 Å². The van der Waals surface area contributed by atoms with Crippen molar-refractivity contribution in [1.29, 1.82) is 0 Å². The highest BCUT2D eigenvalue weighted by Gasteiger charge is 2.23. The fraction of sp³-hybridized carbons (Fsp3) is 0.375. The monoisotopic (exact) mass is 410 g/mol. The quantitative estimate of drug-likeness (QED) is 0.550. The molecule has 3 aromatic rings. The maximum absolute atomic E-state index is 13.7. The van der Waals surface area contributed by atoms with E-state index in [4.69, 9.17) is 13.9 Å². The molecule has 0 amide bonds. The van der Waals surface area contributed by atoms with Crippen molar-refractivity contribution < 1.29 is 18.3 Å². The van der Waals surface area contributed by atoms with E-state index in [1.807, 2.05) is 25.1 Å². The van der Waals surface area contributed by atoms with Crippen LogP contribution in [0.25, 0.3) is 11.5 Å². The summed E-state index contributed by atoms with van der Waals surface area (Å²) in [5.74, 6) is 1.04. The van der Waals surface area contributed by atoms with Crippen LogP contribution in [0.5, 0.6) is 5.75 Å². The largest absolute Gasteiger partial charge is 0.494 e. The number of halogens is 1. The lowest BCUT2D eigenvalue weighted by Gasteiger charge is -2.32. The molecule has 5 nitrogen and oxygen atoms in total. The van der Waals surface area contributed by atoms with Gasteiger partial charge in [-0.1, -0.05) is 30.3 Å². The first-order valence-electron chi connectivity index (χ1n) is 10.3. The van der Waals surface area contributed by atoms with Crippen LogP contribution < -0.4 is 4.74 Å². The van der Waals surface area contributed by atoms with Gasteiger partial charge in [0.05, 0.1) is 25.5 Å². The minimum absolute atomic E-state index is 0.180. The summed E-state index contributed by atoms with van der Waals surface area (Å²) in [6.45, 7) is 5.15. The summed E-state index contributed by atoms with van der Waals surface area (Å²) in [7, 11) is 1.45. The van der Waals surface area contributed by atoms with Gasteiger partial charge in [0, 0.05) is 18.7 Å². The molecule has 1 fully saturated rings. The van der Waals surface area contributed by atoms with Crippen LogP contribution >= 0.6 is 0 Å². The summed E-state index contributed by atoms with van der Waals surface area (Å²) >= 11 is 0. The third kappa shape index (κ3) is 4.89.